The van der Waals surface area contributed by atoms with E-state index in [1.807, 2.05) is 0 Å². The molecule has 0 spiro atoms. The van der Waals surface area contributed by atoms with Crippen LogP contribution in [0.15, 0.2) is 12.2 Å². The number of hydrogen-bond donors (Lipinski definition) is 1. The number of nitrogens with one attached hydrogen (secondary N) is 1. The van der Waals surface area contributed by atoms with Gasteiger partial charge in [-0.25, -0.2) is 0 Å². The van der Waals surface area contributed by atoms with Gasteiger partial charge in [0.2, 0.25) is 0 Å². The van der Waals surface area contributed by atoms with Crippen molar-refractivity contribution in [2.45, 2.75) is 45.1 Å². The summed E-state index contributed by atoms with van der Waals surface area (Å²) in [4.78, 5) is 0. The third-order valence-corrected chi connectivity index (χ3v) is 4.81. The van der Waals surface area contributed by atoms with Gasteiger partial charge in [-0.15, -0.1) is 0 Å². The summed E-state index contributed by atoms with van der Waals surface area (Å²) in [7, 11) is 0. The molecular formula is C13H21N. The highest BCUT2D eigenvalue weighted by Crippen LogP contribution is 2.49. The second-order valence-corrected chi connectivity index (χ2v) is 5.58. The van der Waals surface area contributed by atoms with Crippen molar-refractivity contribution >= 4 is 0 Å². The van der Waals surface area contributed by atoms with Crippen LogP contribution in [0.1, 0.15) is 39.0 Å². The summed E-state index contributed by atoms with van der Waals surface area (Å²) < 4.78 is 0. The van der Waals surface area contributed by atoms with E-state index in [4.69, 9.17) is 0 Å². The van der Waals surface area contributed by atoms with Crippen LogP contribution in [0.3, 0.4) is 0 Å². The number of allylic oxidation sites excluding steroid dienone is 1. The molecule has 2 fully saturated rings. The molecule has 1 nitrogen and oxygen atoms in total. The lowest BCUT2D eigenvalue weighted by molar-refractivity contribution is 0.155. The molecule has 3 unspecified atom stereocenters. The Labute approximate surface area is 87.0 Å². The summed E-state index contributed by atoms with van der Waals surface area (Å²) in [5.74, 6) is 1.90. The average molecular weight is 191 g/mol. The zero-order chi connectivity index (χ0) is 9.60. The van der Waals surface area contributed by atoms with Crippen molar-refractivity contribution in [3.8, 4) is 0 Å². The highest BCUT2D eigenvalue weighted by Gasteiger charge is 2.44. The maximum Gasteiger partial charge on any atom is 0.0136 e. The summed E-state index contributed by atoms with van der Waals surface area (Å²) in [6.07, 6.45) is 11.9. The van der Waals surface area contributed by atoms with Gasteiger partial charge in [0.1, 0.15) is 0 Å². The van der Waals surface area contributed by atoms with Gasteiger partial charge in [-0.05, 0) is 49.4 Å². The zero-order valence-electron chi connectivity index (χ0n) is 9.13. The molecule has 0 amide bonds. The standard InChI is InChI=1S/C13H21N/c1-2-13(6-7-13)9-14-12-8-10-4-3-5-11(10)12/h3,5,10-12,14H,2,4,6-9H2,1H3. The molecule has 0 aromatic heterocycles. The van der Waals surface area contributed by atoms with Gasteiger partial charge in [-0.1, -0.05) is 19.1 Å². The first-order valence-corrected chi connectivity index (χ1v) is 6.23. The fourth-order valence-corrected chi connectivity index (χ4v) is 3.13. The third-order valence-electron chi connectivity index (χ3n) is 4.81. The SMILES string of the molecule is CCC1(CNC2CC3CC=CC32)CC1. The fourth-order valence-electron chi connectivity index (χ4n) is 3.13. The van der Waals surface area contributed by atoms with E-state index < -0.39 is 0 Å². The summed E-state index contributed by atoms with van der Waals surface area (Å²) in [5.41, 5.74) is 0.716. The van der Waals surface area contributed by atoms with E-state index in [2.05, 4.69) is 24.4 Å². The Kier molecular flexibility index (Phi) is 1.98. The molecule has 0 aromatic carbocycles. The van der Waals surface area contributed by atoms with Crippen LogP contribution in [0, 0.1) is 17.3 Å². The Morgan fingerprint density at radius 2 is 2.29 bits per heavy atom. The first kappa shape index (κ1) is 8.96. The topological polar surface area (TPSA) is 12.0 Å². The predicted molar refractivity (Wildman–Crippen MR) is 59.1 cm³/mol. The lowest BCUT2D eigenvalue weighted by Crippen LogP contribution is -2.49. The molecule has 3 atom stereocenters. The monoisotopic (exact) mass is 191 g/mol. The van der Waals surface area contributed by atoms with Crippen LogP contribution in [0.5, 0.6) is 0 Å². The van der Waals surface area contributed by atoms with E-state index in [9.17, 15) is 0 Å². The van der Waals surface area contributed by atoms with Gasteiger partial charge in [0.25, 0.3) is 0 Å². The Morgan fingerprint density at radius 3 is 2.93 bits per heavy atom. The van der Waals surface area contributed by atoms with Crippen molar-refractivity contribution in [1.82, 2.24) is 5.32 Å². The fraction of sp³-hybridized carbons (Fsp3) is 0.846. The van der Waals surface area contributed by atoms with Crippen molar-refractivity contribution in [2.75, 3.05) is 6.54 Å². The van der Waals surface area contributed by atoms with E-state index >= 15 is 0 Å². The van der Waals surface area contributed by atoms with Crippen molar-refractivity contribution in [1.29, 1.82) is 0 Å². The number of fused-ring (bicyclic) bond motifs is 1. The Bertz CT molecular complexity index is 252. The molecule has 2 saturated carbocycles. The van der Waals surface area contributed by atoms with Crippen LogP contribution in [-0.4, -0.2) is 12.6 Å². The Morgan fingerprint density at radius 1 is 1.43 bits per heavy atom. The summed E-state index contributed by atoms with van der Waals surface area (Å²) >= 11 is 0. The second-order valence-electron chi connectivity index (χ2n) is 5.58. The van der Waals surface area contributed by atoms with E-state index in [1.165, 1.54) is 38.6 Å². The van der Waals surface area contributed by atoms with Gasteiger partial charge in [0, 0.05) is 12.6 Å². The number of rotatable bonds is 4. The Hall–Kier alpha value is -0.300. The highest BCUT2D eigenvalue weighted by molar-refractivity contribution is 5.13. The third kappa shape index (κ3) is 1.33. The molecule has 0 heterocycles. The average Bonchev–Trinajstić information content (AvgIpc) is 2.87. The van der Waals surface area contributed by atoms with Crippen LogP contribution in [0.2, 0.25) is 0 Å². The molecule has 0 radical (unpaired) electrons. The molecule has 3 rings (SSSR count). The zero-order valence-corrected chi connectivity index (χ0v) is 9.13. The lowest BCUT2D eigenvalue weighted by Gasteiger charge is -2.41. The maximum absolute atomic E-state index is 3.79. The number of hydrogen-bond acceptors (Lipinski definition) is 1. The van der Waals surface area contributed by atoms with Gasteiger partial charge in [-0.3, -0.25) is 0 Å². The molecule has 3 aliphatic rings. The van der Waals surface area contributed by atoms with E-state index in [0.29, 0.717) is 5.41 Å². The maximum atomic E-state index is 3.79. The van der Waals surface area contributed by atoms with Gasteiger partial charge < -0.3 is 5.32 Å². The summed E-state index contributed by atoms with van der Waals surface area (Å²) in [6.45, 7) is 3.62. The van der Waals surface area contributed by atoms with Crippen LogP contribution in [-0.2, 0) is 0 Å². The minimum absolute atomic E-state index is 0.716. The summed E-state index contributed by atoms with van der Waals surface area (Å²) in [6, 6.07) is 0.822. The van der Waals surface area contributed by atoms with Gasteiger partial charge in [0.15, 0.2) is 0 Å². The van der Waals surface area contributed by atoms with E-state index in [-0.39, 0.29) is 0 Å². The molecule has 1 N–H and O–H groups in total. The first-order valence-electron chi connectivity index (χ1n) is 6.23. The molecule has 0 bridgehead atoms. The smallest absolute Gasteiger partial charge is 0.0136 e. The molecule has 3 aliphatic carbocycles. The van der Waals surface area contributed by atoms with Crippen LogP contribution >= 0.6 is 0 Å². The first-order chi connectivity index (χ1) is 6.83. The van der Waals surface area contributed by atoms with Gasteiger partial charge in [0.05, 0.1) is 0 Å². The van der Waals surface area contributed by atoms with Crippen LogP contribution in [0.25, 0.3) is 0 Å². The molecule has 0 aromatic rings. The van der Waals surface area contributed by atoms with Gasteiger partial charge in [-0.2, -0.15) is 0 Å². The largest absolute Gasteiger partial charge is 0.313 e. The minimum Gasteiger partial charge on any atom is -0.313 e. The normalized spacial score (nSPS) is 41.9. The lowest BCUT2D eigenvalue weighted by atomic mass is 9.71. The highest BCUT2D eigenvalue weighted by atomic mass is 15.0. The molecule has 78 valence electrons. The Balaban J connectivity index is 1.48. The van der Waals surface area contributed by atoms with Crippen LogP contribution in [0.4, 0.5) is 0 Å². The molecule has 0 aliphatic heterocycles. The predicted octanol–water partition coefficient (Wildman–Crippen LogP) is 2.73. The van der Waals surface area contributed by atoms with Crippen molar-refractivity contribution < 1.29 is 0 Å². The molecule has 0 saturated heterocycles. The van der Waals surface area contributed by atoms with Crippen molar-refractivity contribution in [3.05, 3.63) is 12.2 Å². The van der Waals surface area contributed by atoms with Crippen molar-refractivity contribution in [2.24, 2.45) is 17.3 Å². The minimum atomic E-state index is 0.716. The molecule has 14 heavy (non-hydrogen) atoms. The van der Waals surface area contributed by atoms with Crippen molar-refractivity contribution in [3.63, 3.8) is 0 Å². The second kappa shape index (κ2) is 3.10. The van der Waals surface area contributed by atoms with Crippen LogP contribution < -0.4 is 5.32 Å². The van der Waals surface area contributed by atoms with E-state index in [0.717, 1.165) is 17.9 Å². The van der Waals surface area contributed by atoms with Gasteiger partial charge >= 0.3 is 0 Å². The summed E-state index contributed by atoms with van der Waals surface area (Å²) in [5, 5.41) is 3.79. The molecule has 1 heteroatoms. The quantitative estimate of drug-likeness (QED) is 0.674. The molecular weight excluding hydrogens is 170 g/mol. The van der Waals surface area contributed by atoms with E-state index in [1.54, 1.807) is 0 Å².